The Morgan fingerprint density at radius 1 is 1.21 bits per heavy atom. The van der Waals surface area contributed by atoms with Crippen LogP contribution >= 0.6 is 0 Å². The molecule has 2 N–H and O–H groups in total. The fraction of sp³-hybridized carbons (Fsp3) is 0.286. The fourth-order valence-corrected chi connectivity index (χ4v) is 2.75. The third-order valence-electron chi connectivity index (χ3n) is 4.39. The maximum atomic E-state index is 14.7. The molecule has 3 aromatic rings. The number of nitrogens with zero attached hydrogens (tertiary/aromatic N) is 3. The number of methoxy groups -OCH3 is 1. The molecule has 0 aliphatic carbocycles. The lowest BCUT2D eigenvalue weighted by Crippen LogP contribution is -2.20. The summed E-state index contributed by atoms with van der Waals surface area (Å²) in [7, 11) is 3.07. The SMILES string of the molecule is CNC(=O)c1cccnc1Nc1cc(C(C)(C)C)nn1-c1cc(OC)ccc1F. The van der Waals surface area contributed by atoms with Crippen LogP contribution in [0.25, 0.3) is 5.69 Å². The highest BCUT2D eigenvalue weighted by Gasteiger charge is 2.23. The van der Waals surface area contributed by atoms with E-state index in [2.05, 4.69) is 20.7 Å². The summed E-state index contributed by atoms with van der Waals surface area (Å²) in [4.78, 5) is 16.5. The van der Waals surface area contributed by atoms with Gasteiger partial charge in [0, 0.05) is 30.8 Å². The zero-order valence-electron chi connectivity index (χ0n) is 17.1. The minimum absolute atomic E-state index is 0.222. The van der Waals surface area contributed by atoms with Crippen LogP contribution in [0.3, 0.4) is 0 Å². The number of benzene rings is 1. The van der Waals surface area contributed by atoms with Crippen LogP contribution in [-0.2, 0) is 5.41 Å². The second kappa shape index (κ2) is 7.90. The first-order valence-corrected chi connectivity index (χ1v) is 9.13. The molecular formula is C21H24FN5O2. The number of halogens is 1. The van der Waals surface area contributed by atoms with Crippen molar-refractivity contribution in [2.24, 2.45) is 0 Å². The topological polar surface area (TPSA) is 81.1 Å². The summed E-state index contributed by atoms with van der Waals surface area (Å²) in [5.41, 5.74) is 1.07. The number of aromatic nitrogens is 3. The monoisotopic (exact) mass is 397 g/mol. The van der Waals surface area contributed by atoms with Gasteiger partial charge in [-0.2, -0.15) is 5.10 Å². The summed E-state index contributed by atoms with van der Waals surface area (Å²) in [6.07, 6.45) is 1.58. The maximum absolute atomic E-state index is 14.7. The molecule has 0 aliphatic rings. The van der Waals surface area contributed by atoms with Crippen molar-refractivity contribution in [3.8, 4) is 11.4 Å². The van der Waals surface area contributed by atoms with Gasteiger partial charge in [0.15, 0.2) is 0 Å². The molecule has 0 fully saturated rings. The molecule has 7 nitrogen and oxygen atoms in total. The molecule has 1 amide bonds. The number of hydrogen-bond acceptors (Lipinski definition) is 5. The molecule has 8 heteroatoms. The summed E-state index contributed by atoms with van der Waals surface area (Å²) >= 11 is 0. The van der Waals surface area contributed by atoms with E-state index in [1.165, 1.54) is 17.9 Å². The van der Waals surface area contributed by atoms with Crippen molar-refractivity contribution in [1.29, 1.82) is 0 Å². The Hall–Kier alpha value is -3.42. The van der Waals surface area contributed by atoms with Gasteiger partial charge in [0.2, 0.25) is 0 Å². The number of carbonyl (C=O) groups excluding carboxylic acids is 1. The number of nitrogens with one attached hydrogen (secondary N) is 2. The van der Waals surface area contributed by atoms with Gasteiger partial charge in [-0.1, -0.05) is 20.8 Å². The van der Waals surface area contributed by atoms with E-state index >= 15 is 0 Å². The smallest absolute Gasteiger partial charge is 0.254 e. The molecule has 3 rings (SSSR count). The molecule has 0 bridgehead atoms. The largest absolute Gasteiger partial charge is 0.497 e. The molecule has 0 spiro atoms. The number of pyridine rings is 1. The normalized spacial score (nSPS) is 11.2. The van der Waals surface area contributed by atoms with Gasteiger partial charge in [-0.15, -0.1) is 0 Å². The van der Waals surface area contributed by atoms with Gasteiger partial charge in [0.25, 0.3) is 5.91 Å². The predicted molar refractivity (Wildman–Crippen MR) is 110 cm³/mol. The second-order valence-corrected chi connectivity index (χ2v) is 7.50. The van der Waals surface area contributed by atoms with E-state index < -0.39 is 5.82 Å². The number of carbonyl (C=O) groups is 1. The van der Waals surface area contributed by atoms with Crippen LogP contribution < -0.4 is 15.4 Å². The third kappa shape index (κ3) is 4.21. The van der Waals surface area contributed by atoms with E-state index in [9.17, 15) is 9.18 Å². The van der Waals surface area contributed by atoms with Crippen LogP contribution in [0, 0.1) is 5.82 Å². The fourth-order valence-electron chi connectivity index (χ4n) is 2.75. The lowest BCUT2D eigenvalue weighted by molar-refractivity contribution is 0.0963. The zero-order chi connectivity index (χ0) is 21.2. The third-order valence-corrected chi connectivity index (χ3v) is 4.39. The van der Waals surface area contributed by atoms with Gasteiger partial charge in [0.05, 0.1) is 18.4 Å². The maximum Gasteiger partial charge on any atom is 0.254 e. The first-order chi connectivity index (χ1) is 13.7. The summed E-state index contributed by atoms with van der Waals surface area (Å²) in [5.74, 6) is 0.590. The lowest BCUT2D eigenvalue weighted by Gasteiger charge is -2.14. The van der Waals surface area contributed by atoms with Gasteiger partial charge in [-0.3, -0.25) is 4.79 Å². The molecule has 0 aliphatic heterocycles. The number of amides is 1. The van der Waals surface area contributed by atoms with Crippen LogP contribution in [0.5, 0.6) is 5.75 Å². The summed E-state index contributed by atoms with van der Waals surface area (Å²) in [6, 6.07) is 9.59. The highest BCUT2D eigenvalue weighted by atomic mass is 19.1. The average Bonchev–Trinajstić information content (AvgIpc) is 3.12. The summed E-state index contributed by atoms with van der Waals surface area (Å²) < 4.78 is 21.3. The van der Waals surface area contributed by atoms with Crippen LogP contribution in [0.2, 0.25) is 0 Å². The Morgan fingerprint density at radius 2 is 1.97 bits per heavy atom. The van der Waals surface area contributed by atoms with Gasteiger partial charge in [-0.25, -0.2) is 14.1 Å². The number of rotatable bonds is 5. The Balaban J connectivity index is 2.15. The molecule has 0 radical (unpaired) electrons. The van der Waals surface area contributed by atoms with E-state index in [1.807, 2.05) is 26.8 Å². The van der Waals surface area contributed by atoms with Gasteiger partial charge < -0.3 is 15.4 Å². The molecule has 29 heavy (non-hydrogen) atoms. The minimum atomic E-state index is -0.454. The Bertz CT molecular complexity index is 1040. The van der Waals surface area contributed by atoms with Crippen molar-refractivity contribution in [1.82, 2.24) is 20.1 Å². The highest BCUT2D eigenvalue weighted by Crippen LogP contribution is 2.30. The van der Waals surface area contributed by atoms with Crippen molar-refractivity contribution in [2.75, 3.05) is 19.5 Å². The van der Waals surface area contributed by atoms with E-state index in [4.69, 9.17) is 4.74 Å². The quantitative estimate of drug-likeness (QED) is 0.684. The molecule has 0 atom stereocenters. The first kappa shape index (κ1) is 20.3. The number of hydrogen-bond donors (Lipinski definition) is 2. The Kier molecular flexibility index (Phi) is 5.54. The second-order valence-electron chi connectivity index (χ2n) is 7.50. The molecule has 0 saturated carbocycles. The van der Waals surface area contributed by atoms with Crippen LogP contribution in [0.15, 0.2) is 42.6 Å². The van der Waals surface area contributed by atoms with E-state index in [-0.39, 0.29) is 17.0 Å². The molecular weight excluding hydrogens is 373 g/mol. The van der Waals surface area contributed by atoms with Crippen molar-refractivity contribution in [2.45, 2.75) is 26.2 Å². The molecule has 0 unspecified atom stereocenters. The van der Waals surface area contributed by atoms with Crippen molar-refractivity contribution < 1.29 is 13.9 Å². The van der Waals surface area contributed by atoms with Crippen LogP contribution in [0.1, 0.15) is 36.8 Å². The Labute approximate surface area is 168 Å². The highest BCUT2D eigenvalue weighted by molar-refractivity contribution is 5.99. The predicted octanol–water partition coefficient (Wildman–Crippen LogP) is 3.82. The minimum Gasteiger partial charge on any atom is -0.497 e. The van der Waals surface area contributed by atoms with E-state index in [1.54, 1.807) is 37.5 Å². The molecule has 152 valence electrons. The molecule has 2 aromatic heterocycles. The molecule has 0 saturated heterocycles. The first-order valence-electron chi connectivity index (χ1n) is 9.13. The van der Waals surface area contributed by atoms with E-state index in [0.717, 1.165) is 5.69 Å². The van der Waals surface area contributed by atoms with Crippen molar-refractivity contribution in [3.05, 3.63) is 59.7 Å². The van der Waals surface area contributed by atoms with Crippen molar-refractivity contribution in [3.63, 3.8) is 0 Å². The van der Waals surface area contributed by atoms with Gasteiger partial charge >= 0.3 is 0 Å². The summed E-state index contributed by atoms with van der Waals surface area (Å²) in [6.45, 7) is 6.05. The number of anilines is 2. The lowest BCUT2D eigenvalue weighted by atomic mass is 9.92. The number of ether oxygens (including phenoxy) is 1. The van der Waals surface area contributed by atoms with E-state index in [0.29, 0.717) is 22.9 Å². The molecule has 2 heterocycles. The standard InChI is InChI=1S/C21H24FN5O2/c1-21(2,3)17-12-18(25-19-14(20(28)23-4)7-6-10-24-19)27(26-17)16-11-13(29-5)8-9-15(16)22/h6-12H,1-5H3,(H,23,28)(H,24,25). The van der Waals surface area contributed by atoms with Crippen LogP contribution in [-0.4, -0.2) is 34.8 Å². The zero-order valence-corrected chi connectivity index (χ0v) is 17.1. The summed E-state index contributed by atoms with van der Waals surface area (Å²) in [5, 5.41) is 10.3. The average molecular weight is 397 g/mol. The van der Waals surface area contributed by atoms with Gasteiger partial charge in [-0.05, 0) is 24.3 Å². The van der Waals surface area contributed by atoms with Crippen molar-refractivity contribution >= 4 is 17.5 Å². The van der Waals surface area contributed by atoms with Gasteiger partial charge in [0.1, 0.15) is 28.9 Å². The Morgan fingerprint density at radius 3 is 2.62 bits per heavy atom. The van der Waals surface area contributed by atoms with Crippen LogP contribution in [0.4, 0.5) is 16.0 Å². The molecule has 1 aromatic carbocycles.